The number of rotatable bonds is 7. The van der Waals surface area contributed by atoms with E-state index in [9.17, 15) is 31.2 Å². The molecular formula is C22H25F3N4O4S. The molecule has 8 nitrogen and oxygen atoms in total. The Morgan fingerprint density at radius 3 is 2.29 bits per heavy atom. The molecule has 0 spiro atoms. The van der Waals surface area contributed by atoms with Crippen LogP contribution < -0.4 is 16.0 Å². The van der Waals surface area contributed by atoms with E-state index in [0.29, 0.717) is 18.5 Å². The normalized spacial score (nSPS) is 17.1. The molecule has 1 heterocycles. The van der Waals surface area contributed by atoms with Gasteiger partial charge in [-0.3, -0.25) is 4.79 Å². The Balaban J connectivity index is 1.64. The molecule has 34 heavy (non-hydrogen) atoms. The predicted molar refractivity (Wildman–Crippen MR) is 120 cm³/mol. The number of piperidine rings is 1. The molecule has 0 radical (unpaired) electrons. The molecule has 2 aromatic carbocycles. The Labute approximate surface area is 195 Å². The molecule has 1 fully saturated rings. The van der Waals surface area contributed by atoms with Gasteiger partial charge in [-0.25, -0.2) is 13.2 Å². The Morgan fingerprint density at radius 2 is 1.65 bits per heavy atom. The number of sulfonamides is 1. The molecular weight excluding hydrogens is 473 g/mol. The molecule has 0 bridgehead atoms. The van der Waals surface area contributed by atoms with Crippen molar-refractivity contribution >= 4 is 27.6 Å². The van der Waals surface area contributed by atoms with Crippen molar-refractivity contribution in [2.45, 2.75) is 36.4 Å². The van der Waals surface area contributed by atoms with E-state index in [-0.39, 0.29) is 23.5 Å². The lowest BCUT2D eigenvalue weighted by molar-refractivity contribution is -0.123. The van der Waals surface area contributed by atoms with Crippen molar-refractivity contribution in [1.29, 1.82) is 0 Å². The Morgan fingerprint density at radius 1 is 0.971 bits per heavy atom. The molecule has 3 amide bonds. The highest BCUT2D eigenvalue weighted by molar-refractivity contribution is 7.89. The average molecular weight is 499 g/mol. The lowest BCUT2D eigenvalue weighted by Crippen LogP contribution is -2.49. The van der Waals surface area contributed by atoms with E-state index >= 15 is 0 Å². The number of hydrogen-bond donors (Lipinski definition) is 3. The summed E-state index contributed by atoms with van der Waals surface area (Å²) in [5, 5.41) is 7.12. The molecule has 3 N–H and O–H groups in total. The molecule has 12 heteroatoms. The number of urea groups is 1. The highest BCUT2D eigenvalue weighted by Gasteiger charge is 2.34. The van der Waals surface area contributed by atoms with Gasteiger partial charge in [0.2, 0.25) is 10.0 Å². The van der Waals surface area contributed by atoms with E-state index in [1.54, 1.807) is 29.6 Å². The van der Waals surface area contributed by atoms with Crippen molar-refractivity contribution < 1.29 is 31.2 Å². The number of benzene rings is 2. The largest absolute Gasteiger partial charge is 0.405 e. The van der Waals surface area contributed by atoms with Crippen molar-refractivity contribution in [1.82, 2.24) is 14.9 Å². The first-order chi connectivity index (χ1) is 16.1. The summed E-state index contributed by atoms with van der Waals surface area (Å²) >= 11 is 0. The fourth-order valence-electron chi connectivity index (χ4n) is 3.60. The second kappa shape index (κ2) is 10.9. The first kappa shape index (κ1) is 25.5. The minimum Gasteiger partial charge on any atom is -0.343 e. The zero-order valence-electron chi connectivity index (χ0n) is 18.1. The van der Waals surface area contributed by atoms with Crippen LogP contribution in [0.3, 0.4) is 0 Å². The Bertz CT molecular complexity index is 1090. The second-order valence-corrected chi connectivity index (χ2v) is 9.68. The van der Waals surface area contributed by atoms with E-state index in [2.05, 4.69) is 10.6 Å². The number of hydrogen-bond acceptors (Lipinski definition) is 4. The fraction of sp³-hybridized carbons (Fsp3) is 0.364. The van der Waals surface area contributed by atoms with Crippen molar-refractivity contribution in [2.24, 2.45) is 0 Å². The van der Waals surface area contributed by atoms with Crippen LogP contribution in [0.4, 0.5) is 23.7 Å². The third-order valence-electron chi connectivity index (χ3n) is 5.28. The van der Waals surface area contributed by atoms with Gasteiger partial charge in [-0.2, -0.15) is 17.5 Å². The van der Waals surface area contributed by atoms with Crippen LogP contribution in [-0.4, -0.2) is 56.5 Å². The molecule has 1 aliphatic rings. The summed E-state index contributed by atoms with van der Waals surface area (Å²) in [6.45, 7) is -1.11. The monoisotopic (exact) mass is 498 g/mol. The van der Waals surface area contributed by atoms with Gasteiger partial charge < -0.3 is 16.0 Å². The van der Waals surface area contributed by atoms with E-state index in [4.69, 9.17) is 0 Å². The molecule has 1 unspecified atom stereocenters. The maximum absolute atomic E-state index is 13.2. The molecule has 2 aromatic rings. The first-order valence-electron chi connectivity index (χ1n) is 10.6. The van der Waals surface area contributed by atoms with Gasteiger partial charge >= 0.3 is 12.2 Å². The molecule has 0 saturated carbocycles. The van der Waals surface area contributed by atoms with Gasteiger partial charge in [-0.05, 0) is 49.2 Å². The maximum atomic E-state index is 13.2. The first-order valence-corrected chi connectivity index (χ1v) is 12.1. The van der Waals surface area contributed by atoms with E-state index in [1.807, 2.05) is 6.07 Å². The van der Waals surface area contributed by atoms with Crippen LogP contribution in [0.2, 0.25) is 0 Å². The third kappa shape index (κ3) is 6.94. The number of nitrogens with zero attached hydrogens (tertiary/aromatic N) is 1. The minimum absolute atomic E-state index is 0.0829. The number of carbonyl (C=O) groups excluding carboxylic acids is 2. The molecule has 0 aromatic heterocycles. The minimum atomic E-state index is -4.55. The fourth-order valence-corrected chi connectivity index (χ4v) is 5.29. The van der Waals surface area contributed by atoms with Crippen LogP contribution in [0.5, 0.6) is 0 Å². The number of carbonyl (C=O) groups is 2. The zero-order valence-corrected chi connectivity index (χ0v) is 19.0. The molecule has 1 aliphatic heterocycles. The molecule has 0 aliphatic carbocycles. The Kier molecular flexibility index (Phi) is 8.15. The van der Waals surface area contributed by atoms with E-state index in [0.717, 1.165) is 6.42 Å². The van der Waals surface area contributed by atoms with Gasteiger partial charge in [0, 0.05) is 30.4 Å². The summed E-state index contributed by atoms with van der Waals surface area (Å²) in [6.07, 6.45) is -2.53. The number of nitrogens with one attached hydrogen (secondary N) is 3. The third-order valence-corrected chi connectivity index (χ3v) is 7.24. The summed E-state index contributed by atoms with van der Waals surface area (Å²) in [5.74, 6) is -0.953. The summed E-state index contributed by atoms with van der Waals surface area (Å²) < 4.78 is 64.6. The lowest BCUT2D eigenvalue weighted by atomic mass is 10.1. The van der Waals surface area contributed by atoms with Crippen LogP contribution in [0, 0.1) is 0 Å². The van der Waals surface area contributed by atoms with Crippen molar-refractivity contribution in [3.63, 3.8) is 0 Å². The summed E-state index contributed by atoms with van der Waals surface area (Å²) in [6, 6.07) is 12.6. The van der Waals surface area contributed by atoms with E-state index < -0.39 is 40.7 Å². The van der Waals surface area contributed by atoms with Crippen molar-refractivity contribution in [2.75, 3.05) is 25.0 Å². The van der Waals surface area contributed by atoms with Crippen LogP contribution in [-0.2, 0) is 10.0 Å². The van der Waals surface area contributed by atoms with Gasteiger partial charge in [-0.15, -0.1) is 0 Å². The summed E-state index contributed by atoms with van der Waals surface area (Å²) in [7, 11) is -3.95. The summed E-state index contributed by atoms with van der Waals surface area (Å²) in [5.41, 5.74) is 0.519. The number of alkyl halides is 3. The topological polar surface area (TPSA) is 108 Å². The smallest absolute Gasteiger partial charge is 0.343 e. The second-order valence-electron chi connectivity index (χ2n) is 7.79. The van der Waals surface area contributed by atoms with Gasteiger partial charge in [0.1, 0.15) is 6.54 Å². The van der Waals surface area contributed by atoms with Crippen LogP contribution in [0.25, 0.3) is 0 Å². The SMILES string of the molecule is O=C(NCC1CCCCN1S(=O)(=O)c1ccc(C(=O)NCC(F)(F)F)cc1)Nc1ccccc1. The molecule has 1 atom stereocenters. The maximum Gasteiger partial charge on any atom is 0.405 e. The molecule has 184 valence electrons. The van der Waals surface area contributed by atoms with Crippen molar-refractivity contribution in [3.05, 3.63) is 60.2 Å². The highest BCUT2D eigenvalue weighted by atomic mass is 32.2. The van der Waals surface area contributed by atoms with Gasteiger partial charge in [-0.1, -0.05) is 24.6 Å². The van der Waals surface area contributed by atoms with Crippen LogP contribution in [0.15, 0.2) is 59.5 Å². The van der Waals surface area contributed by atoms with Gasteiger partial charge in [0.05, 0.1) is 4.90 Å². The predicted octanol–water partition coefficient (Wildman–Crippen LogP) is 3.34. The van der Waals surface area contributed by atoms with Crippen LogP contribution >= 0.6 is 0 Å². The molecule has 1 saturated heterocycles. The van der Waals surface area contributed by atoms with E-state index in [1.165, 1.54) is 28.6 Å². The van der Waals surface area contributed by atoms with Gasteiger partial charge in [0.15, 0.2) is 0 Å². The molecule has 3 rings (SSSR count). The number of amides is 3. The standard InChI is InChI=1S/C22H25F3N4O4S/c23-22(24,25)15-27-20(30)16-9-11-19(12-10-16)34(32,33)29-13-5-4-8-18(29)14-26-21(31)28-17-6-2-1-3-7-17/h1-3,6-7,9-12,18H,4-5,8,13-15H2,(H,27,30)(H2,26,28,31). The lowest BCUT2D eigenvalue weighted by Gasteiger charge is -2.34. The number of halogens is 3. The zero-order chi connectivity index (χ0) is 24.8. The van der Waals surface area contributed by atoms with Crippen molar-refractivity contribution in [3.8, 4) is 0 Å². The van der Waals surface area contributed by atoms with Gasteiger partial charge in [0.25, 0.3) is 5.91 Å². The summed E-state index contributed by atoms with van der Waals surface area (Å²) in [4.78, 5) is 24.0. The Hall–Kier alpha value is -3.12. The quantitative estimate of drug-likeness (QED) is 0.544. The number of anilines is 1. The number of para-hydroxylation sites is 1. The average Bonchev–Trinajstić information content (AvgIpc) is 2.81. The highest BCUT2D eigenvalue weighted by Crippen LogP contribution is 2.25. The van der Waals surface area contributed by atoms with Crippen LogP contribution in [0.1, 0.15) is 29.6 Å².